The van der Waals surface area contributed by atoms with Gasteiger partial charge in [-0.25, -0.2) is 4.79 Å². The molecule has 0 aromatic heterocycles. The number of ether oxygens (including phenoxy) is 4. The lowest BCUT2D eigenvalue weighted by Gasteiger charge is -2.49. The summed E-state index contributed by atoms with van der Waals surface area (Å²) in [4.78, 5) is 14.8. The van der Waals surface area contributed by atoms with Crippen molar-refractivity contribution in [3.63, 3.8) is 0 Å². The zero-order valence-corrected chi connectivity index (χ0v) is 21.6. The smallest absolute Gasteiger partial charge is 0.410 e. The third-order valence-corrected chi connectivity index (χ3v) is 8.58. The van der Waals surface area contributed by atoms with Crippen LogP contribution >= 0.6 is 0 Å². The molecule has 3 saturated heterocycles. The van der Waals surface area contributed by atoms with Crippen LogP contribution in [0.3, 0.4) is 0 Å². The first kappa shape index (κ1) is 25.1. The zero-order valence-electron chi connectivity index (χ0n) is 21.6. The molecule has 3 aliphatic heterocycles. The summed E-state index contributed by atoms with van der Waals surface area (Å²) < 4.78 is 24.3. The molecule has 5 unspecified atom stereocenters. The minimum Gasteiger partial charge on any atom is -0.443 e. The van der Waals surface area contributed by atoms with Crippen LogP contribution in [0.2, 0.25) is 5.82 Å². The van der Waals surface area contributed by atoms with Gasteiger partial charge >= 0.3 is 6.09 Å². The van der Waals surface area contributed by atoms with Crippen LogP contribution in [0.5, 0.6) is 0 Å². The molecule has 0 bridgehead atoms. The highest BCUT2D eigenvalue weighted by molar-refractivity contribution is 6.11. The fourth-order valence-corrected chi connectivity index (χ4v) is 6.39. The SMILES string of the molecule is [B]C(C)CC(C)(C)C1CN(C(=O)O[C@@H]2CCC3(CO3)C(C3(C)OC3CC=C(C)C)[C@@H]2OC)C1. The first-order valence-corrected chi connectivity index (χ1v) is 12.6. The van der Waals surface area contributed by atoms with E-state index in [0.717, 1.165) is 45.4 Å². The predicted molar refractivity (Wildman–Crippen MR) is 128 cm³/mol. The summed E-state index contributed by atoms with van der Waals surface area (Å²) >= 11 is 0. The molecule has 4 rings (SSSR count). The first-order valence-electron chi connectivity index (χ1n) is 12.6. The van der Waals surface area contributed by atoms with Crippen molar-refractivity contribution in [2.24, 2.45) is 17.3 Å². The molecule has 6 nitrogen and oxygen atoms in total. The minimum atomic E-state index is -0.320. The van der Waals surface area contributed by atoms with Crippen molar-refractivity contribution >= 4 is 13.9 Å². The Hall–Kier alpha value is -1.05. The molecule has 3 heterocycles. The van der Waals surface area contributed by atoms with Crippen LogP contribution in [0, 0.1) is 17.3 Å². The van der Waals surface area contributed by atoms with Crippen LogP contribution < -0.4 is 0 Å². The quantitative estimate of drug-likeness (QED) is 0.303. The van der Waals surface area contributed by atoms with Crippen molar-refractivity contribution in [3.8, 4) is 0 Å². The van der Waals surface area contributed by atoms with Gasteiger partial charge in [-0.05, 0) is 51.4 Å². The second-order valence-electron chi connectivity index (χ2n) is 12.1. The Bertz CT molecular complexity index is 769. The molecule has 0 aromatic rings. The summed E-state index contributed by atoms with van der Waals surface area (Å²) in [6.07, 6.45) is 5.08. The number of likely N-dealkylation sites (tertiary alicyclic amines) is 1. The number of methoxy groups -OCH3 is 1. The average Bonchev–Trinajstić information content (AvgIpc) is 3.56. The van der Waals surface area contributed by atoms with Crippen molar-refractivity contribution in [3.05, 3.63) is 11.6 Å². The fourth-order valence-electron chi connectivity index (χ4n) is 6.39. The highest BCUT2D eigenvalue weighted by atomic mass is 16.6. The van der Waals surface area contributed by atoms with E-state index in [4.69, 9.17) is 26.8 Å². The molecule has 1 amide bonds. The van der Waals surface area contributed by atoms with Gasteiger partial charge in [0.2, 0.25) is 0 Å². The van der Waals surface area contributed by atoms with Crippen molar-refractivity contribution in [1.82, 2.24) is 4.90 Å². The van der Waals surface area contributed by atoms with Gasteiger partial charge in [-0.1, -0.05) is 44.7 Å². The van der Waals surface area contributed by atoms with Gasteiger partial charge in [-0.3, -0.25) is 0 Å². The standard InChI is InChI=1S/C26H42BNO5/c1-16(2)8-9-20-25(6,33-20)22-21(30-7)19(10-11-26(22)15-31-26)32-23(29)28-13-18(14-28)24(4,5)12-17(3)27/h8,17-22H,9-15H2,1-7H3/t17?,19-,20?,21-,22?,25?,26?/m1/s1. The molecular formula is C26H42BNO5. The summed E-state index contributed by atoms with van der Waals surface area (Å²) in [7, 11) is 7.74. The highest BCUT2D eigenvalue weighted by Crippen LogP contribution is 2.59. The second kappa shape index (κ2) is 8.87. The van der Waals surface area contributed by atoms with Gasteiger partial charge in [0.1, 0.15) is 23.4 Å². The molecule has 2 radical (unpaired) electrons. The molecule has 4 aliphatic rings. The molecule has 7 atom stereocenters. The molecule has 0 N–H and O–H groups in total. The second-order valence-corrected chi connectivity index (χ2v) is 12.1. The highest BCUT2D eigenvalue weighted by Gasteiger charge is 2.72. The Morgan fingerprint density at radius 1 is 1.33 bits per heavy atom. The van der Waals surface area contributed by atoms with Crippen LogP contribution in [-0.4, -0.2) is 75.2 Å². The van der Waals surface area contributed by atoms with Gasteiger partial charge in [0.25, 0.3) is 0 Å². The summed E-state index contributed by atoms with van der Waals surface area (Å²) in [5, 5.41) is 0. The van der Waals surface area contributed by atoms with Crippen molar-refractivity contribution in [2.45, 2.75) is 103 Å². The molecular weight excluding hydrogens is 417 g/mol. The number of carbonyl (C=O) groups excluding carboxylic acids is 1. The monoisotopic (exact) mass is 459 g/mol. The van der Waals surface area contributed by atoms with Crippen molar-refractivity contribution in [1.29, 1.82) is 0 Å². The third-order valence-electron chi connectivity index (χ3n) is 8.58. The van der Waals surface area contributed by atoms with Gasteiger partial charge in [-0.15, -0.1) is 0 Å². The van der Waals surface area contributed by atoms with E-state index in [0.29, 0.717) is 5.92 Å². The van der Waals surface area contributed by atoms with E-state index in [1.807, 2.05) is 11.8 Å². The lowest BCUT2D eigenvalue weighted by Crippen LogP contribution is -2.59. The molecule has 184 valence electrons. The molecule has 1 spiro atoms. The summed E-state index contributed by atoms with van der Waals surface area (Å²) in [5.41, 5.74) is 0.882. The van der Waals surface area contributed by atoms with Gasteiger partial charge in [0.05, 0.1) is 26.5 Å². The lowest BCUT2D eigenvalue weighted by molar-refractivity contribution is -0.126. The normalized spacial score (nSPS) is 39.1. The molecule has 7 heteroatoms. The maximum Gasteiger partial charge on any atom is 0.410 e. The van der Waals surface area contributed by atoms with Crippen LogP contribution in [-0.2, 0) is 18.9 Å². The van der Waals surface area contributed by atoms with Crippen LogP contribution in [0.1, 0.15) is 67.2 Å². The number of amides is 1. The number of carbonyl (C=O) groups is 1. The number of hydrogen-bond donors (Lipinski definition) is 0. The van der Waals surface area contributed by atoms with E-state index in [2.05, 4.69) is 40.7 Å². The Morgan fingerprint density at radius 2 is 2.00 bits per heavy atom. The number of nitrogens with zero attached hydrogens (tertiary/aromatic N) is 1. The van der Waals surface area contributed by atoms with Crippen LogP contribution in [0.15, 0.2) is 11.6 Å². The minimum absolute atomic E-state index is 0.0474. The van der Waals surface area contributed by atoms with E-state index in [9.17, 15) is 4.79 Å². The van der Waals surface area contributed by atoms with Crippen LogP contribution in [0.25, 0.3) is 0 Å². The van der Waals surface area contributed by atoms with Gasteiger partial charge in [0, 0.05) is 20.2 Å². The van der Waals surface area contributed by atoms with Gasteiger partial charge in [0.15, 0.2) is 0 Å². The average molecular weight is 459 g/mol. The van der Waals surface area contributed by atoms with Crippen molar-refractivity contribution in [2.75, 3.05) is 26.8 Å². The molecule has 33 heavy (non-hydrogen) atoms. The Morgan fingerprint density at radius 3 is 2.55 bits per heavy atom. The third kappa shape index (κ3) is 4.88. The predicted octanol–water partition coefficient (Wildman–Crippen LogP) is 4.52. The summed E-state index contributed by atoms with van der Waals surface area (Å²) in [6.45, 7) is 15.1. The van der Waals surface area contributed by atoms with Gasteiger partial charge in [-0.2, -0.15) is 0 Å². The Kier molecular flexibility index (Phi) is 6.74. The van der Waals surface area contributed by atoms with Crippen LogP contribution in [0.4, 0.5) is 4.79 Å². The van der Waals surface area contributed by atoms with E-state index in [-0.39, 0.29) is 52.8 Å². The van der Waals surface area contributed by atoms with Gasteiger partial charge < -0.3 is 23.8 Å². The maximum atomic E-state index is 13.0. The maximum absolute atomic E-state index is 13.0. The van der Waals surface area contributed by atoms with E-state index in [1.165, 1.54) is 5.57 Å². The largest absolute Gasteiger partial charge is 0.443 e. The zero-order chi connectivity index (χ0) is 24.2. The number of allylic oxidation sites excluding steroid dienone is 1. The molecule has 1 aliphatic carbocycles. The first-order chi connectivity index (χ1) is 15.4. The lowest BCUT2D eigenvalue weighted by atomic mass is 9.66. The Balaban J connectivity index is 1.38. The molecule has 0 aromatic carbocycles. The number of rotatable bonds is 8. The summed E-state index contributed by atoms with van der Waals surface area (Å²) in [5.74, 6) is 0.656. The van der Waals surface area contributed by atoms with Crippen molar-refractivity contribution < 1.29 is 23.7 Å². The molecule has 1 saturated carbocycles. The fraction of sp³-hybridized carbons (Fsp3) is 0.885. The number of hydrogen-bond acceptors (Lipinski definition) is 5. The topological polar surface area (TPSA) is 63.8 Å². The Labute approximate surface area is 201 Å². The summed E-state index contributed by atoms with van der Waals surface area (Å²) in [6, 6.07) is 0. The van der Waals surface area contributed by atoms with E-state index in [1.54, 1.807) is 7.11 Å². The molecule has 4 fully saturated rings. The van der Waals surface area contributed by atoms with E-state index < -0.39 is 0 Å². The number of epoxide rings is 2. The van der Waals surface area contributed by atoms with E-state index >= 15 is 0 Å².